The topological polar surface area (TPSA) is 139 Å². The molecule has 9 heteroatoms. The van der Waals surface area contributed by atoms with Gasteiger partial charge < -0.3 is 14.6 Å². The van der Waals surface area contributed by atoms with Crippen molar-refractivity contribution in [2.24, 2.45) is 4.99 Å². The molecule has 0 amide bonds. The van der Waals surface area contributed by atoms with E-state index in [2.05, 4.69) is 9.98 Å². The highest BCUT2D eigenvalue weighted by Crippen LogP contribution is 2.21. The molecule has 0 fully saturated rings. The van der Waals surface area contributed by atoms with Crippen molar-refractivity contribution in [2.75, 3.05) is 0 Å². The average molecular weight is 379 g/mol. The fraction of sp³-hybridized carbons (Fsp3) is 0. The lowest BCUT2D eigenvalue weighted by Crippen LogP contribution is -1.94. The number of rotatable bonds is 6. The highest BCUT2D eigenvalue weighted by molar-refractivity contribution is 5.89. The summed E-state index contributed by atoms with van der Waals surface area (Å²) < 4.78 is 5.10. The van der Waals surface area contributed by atoms with E-state index < -0.39 is 16.8 Å². The van der Waals surface area contributed by atoms with Gasteiger partial charge in [-0.15, -0.1) is 0 Å². The van der Waals surface area contributed by atoms with Gasteiger partial charge >= 0.3 is 11.9 Å². The number of aromatic nitrogens is 1. The normalized spacial score (nSPS) is 11.3. The largest absolute Gasteiger partial charge is 0.479 e. The van der Waals surface area contributed by atoms with Crippen molar-refractivity contribution < 1.29 is 24.3 Å². The number of nitro groups is 1. The molecule has 0 saturated heterocycles. The molecule has 2 aromatic carbocycles. The first-order valence-electron chi connectivity index (χ1n) is 7.92. The Bertz CT molecular complexity index is 1100. The third-order valence-corrected chi connectivity index (χ3v) is 3.58. The quantitative estimate of drug-likeness (QED) is 0.376. The first-order valence-corrected chi connectivity index (χ1v) is 7.92. The van der Waals surface area contributed by atoms with Crippen LogP contribution in [-0.2, 0) is 0 Å². The van der Waals surface area contributed by atoms with Gasteiger partial charge in [0.05, 0.1) is 22.4 Å². The SMILES string of the molecule is O=C(O)c1cccc(N=Cc2nc(/C=C/c3cccc([N+](=O)[O-])c3)oc2O)c1. The Balaban J connectivity index is 1.78. The fourth-order valence-corrected chi connectivity index (χ4v) is 2.26. The molecule has 0 atom stereocenters. The Labute approximate surface area is 158 Å². The molecular weight excluding hydrogens is 366 g/mol. The summed E-state index contributed by atoms with van der Waals surface area (Å²) >= 11 is 0. The van der Waals surface area contributed by atoms with Crippen molar-refractivity contribution in [3.63, 3.8) is 0 Å². The van der Waals surface area contributed by atoms with E-state index in [4.69, 9.17) is 9.52 Å². The van der Waals surface area contributed by atoms with Crippen molar-refractivity contribution in [2.45, 2.75) is 0 Å². The minimum Gasteiger partial charge on any atom is -0.479 e. The summed E-state index contributed by atoms with van der Waals surface area (Å²) in [5.74, 6) is -1.46. The second kappa shape index (κ2) is 7.96. The van der Waals surface area contributed by atoms with Gasteiger partial charge in [-0.1, -0.05) is 18.2 Å². The second-order valence-electron chi connectivity index (χ2n) is 5.54. The molecule has 0 bridgehead atoms. The van der Waals surface area contributed by atoms with E-state index in [-0.39, 0.29) is 22.8 Å². The summed E-state index contributed by atoms with van der Waals surface area (Å²) in [6.07, 6.45) is 4.24. The maximum Gasteiger partial charge on any atom is 0.335 e. The first-order chi connectivity index (χ1) is 13.4. The molecule has 3 aromatic rings. The van der Waals surface area contributed by atoms with Crippen LogP contribution in [0.2, 0.25) is 0 Å². The third kappa shape index (κ3) is 4.47. The van der Waals surface area contributed by atoms with Crippen LogP contribution in [0.3, 0.4) is 0 Å². The minimum atomic E-state index is -1.07. The Morgan fingerprint density at radius 3 is 2.71 bits per heavy atom. The highest BCUT2D eigenvalue weighted by Gasteiger charge is 2.09. The molecule has 1 aromatic heterocycles. The lowest BCUT2D eigenvalue weighted by Gasteiger charge is -1.95. The Hall–Kier alpha value is -4.27. The zero-order valence-electron chi connectivity index (χ0n) is 14.2. The van der Waals surface area contributed by atoms with Crippen molar-refractivity contribution >= 4 is 35.7 Å². The van der Waals surface area contributed by atoms with Crippen LogP contribution in [0.25, 0.3) is 12.2 Å². The number of carboxylic acid groups (broad SMARTS) is 1. The number of carbonyl (C=O) groups is 1. The lowest BCUT2D eigenvalue weighted by atomic mass is 10.2. The van der Waals surface area contributed by atoms with Crippen LogP contribution in [0, 0.1) is 10.1 Å². The minimum absolute atomic E-state index is 0.0474. The smallest absolute Gasteiger partial charge is 0.335 e. The summed E-state index contributed by atoms with van der Waals surface area (Å²) in [6, 6.07) is 11.9. The molecular formula is C19H13N3O6. The van der Waals surface area contributed by atoms with Gasteiger partial charge in [-0.3, -0.25) is 15.1 Å². The molecule has 0 spiro atoms. The van der Waals surface area contributed by atoms with Crippen LogP contribution in [0.4, 0.5) is 11.4 Å². The van der Waals surface area contributed by atoms with Gasteiger partial charge in [0, 0.05) is 18.2 Å². The summed E-state index contributed by atoms with van der Waals surface area (Å²) in [4.78, 5) is 29.4. The number of aliphatic imine (C=N–C) groups is 1. The van der Waals surface area contributed by atoms with Crippen LogP contribution >= 0.6 is 0 Å². The molecule has 0 aliphatic heterocycles. The van der Waals surface area contributed by atoms with E-state index in [0.717, 1.165) is 0 Å². The zero-order chi connectivity index (χ0) is 20.1. The number of oxazole rings is 1. The van der Waals surface area contributed by atoms with Gasteiger partial charge in [-0.25, -0.2) is 9.78 Å². The molecule has 0 saturated carbocycles. The van der Waals surface area contributed by atoms with Gasteiger partial charge in [0.15, 0.2) is 5.69 Å². The molecule has 3 rings (SSSR count). The van der Waals surface area contributed by atoms with Crippen molar-refractivity contribution in [1.29, 1.82) is 0 Å². The number of nitro benzene ring substituents is 1. The number of hydrogen-bond donors (Lipinski definition) is 2. The van der Waals surface area contributed by atoms with Gasteiger partial charge in [-0.05, 0) is 29.8 Å². The molecule has 28 heavy (non-hydrogen) atoms. The first kappa shape index (κ1) is 18.5. The Morgan fingerprint density at radius 1 is 1.18 bits per heavy atom. The average Bonchev–Trinajstić information content (AvgIpc) is 3.05. The van der Waals surface area contributed by atoms with Gasteiger partial charge in [0.1, 0.15) is 0 Å². The number of hydrogen-bond acceptors (Lipinski definition) is 7. The molecule has 1 heterocycles. The summed E-state index contributed by atoms with van der Waals surface area (Å²) in [6.45, 7) is 0. The van der Waals surface area contributed by atoms with E-state index >= 15 is 0 Å². The van der Waals surface area contributed by atoms with Crippen molar-refractivity contribution in [1.82, 2.24) is 4.98 Å². The van der Waals surface area contributed by atoms with Crippen LogP contribution in [0.5, 0.6) is 5.95 Å². The molecule has 0 unspecified atom stereocenters. The molecule has 2 N–H and O–H groups in total. The van der Waals surface area contributed by atoms with Crippen molar-refractivity contribution in [3.8, 4) is 5.95 Å². The van der Waals surface area contributed by atoms with Crippen molar-refractivity contribution in [3.05, 3.63) is 81.4 Å². The number of aromatic hydroxyl groups is 1. The number of aromatic carboxylic acids is 1. The van der Waals surface area contributed by atoms with E-state index in [1.165, 1.54) is 36.6 Å². The maximum atomic E-state index is 11.0. The van der Waals surface area contributed by atoms with Crippen LogP contribution < -0.4 is 0 Å². The van der Waals surface area contributed by atoms with Crippen LogP contribution in [0.15, 0.2) is 57.9 Å². The Kier molecular flexibility index (Phi) is 5.26. The molecule has 0 aliphatic rings. The zero-order valence-corrected chi connectivity index (χ0v) is 14.2. The van der Waals surface area contributed by atoms with E-state index in [1.54, 1.807) is 30.3 Å². The highest BCUT2D eigenvalue weighted by atomic mass is 16.6. The van der Waals surface area contributed by atoms with E-state index in [9.17, 15) is 20.0 Å². The van der Waals surface area contributed by atoms with Crippen LogP contribution in [-0.4, -0.2) is 32.3 Å². The summed E-state index contributed by atoms with van der Waals surface area (Å²) in [7, 11) is 0. The van der Waals surface area contributed by atoms with Gasteiger partial charge in [-0.2, -0.15) is 0 Å². The van der Waals surface area contributed by atoms with Gasteiger partial charge in [0.2, 0.25) is 5.89 Å². The number of nitrogens with zero attached hydrogens (tertiary/aromatic N) is 3. The lowest BCUT2D eigenvalue weighted by molar-refractivity contribution is -0.384. The third-order valence-electron chi connectivity index (χ3n) is 3.58. The number of benzene rings is 2. The molecule has 0 radical (unpaired) electrons. The number of non-ortho nitro benzene ring substituents is 1. The number of carboxylic acids is 1. The fourth-order valence-electron chi connectivity index (χ4n) is 2.26. The molecule has 9 nitrogen and oxygen atoms in total. The van der Waals surface area contributed by atoms with Gasteiger partial charge in [0.25, 0.3) is 5.69 Å². The maximum absolute atomic E-state index is 11.0. The monoisotopic (exact) mass is 379 g/mol. The summed E-state index contributed by atoms with van der Waals surface area (Å²) in [5, 5.41) is 29.6. The summed E-state index contributed by atoms with van der Waals surface area (Å²) in [5.41, 5.74) is 1.02. The predicted octanol–water partition coefficient (Wildman–Crippen LogP) is 3.91. The predicted molar refractivity (Wildman–Crippen MR) is 101 cm³/mol. The Morgan fingerprint density at radius 2 is 1.96 bits per heavy atom. The molecule has 0 aliphatic carbocycles. The second-order valence-corrected chi connectivity index (χ2v) is 5.54. The standard InChI is InChI=1S/C19H13N3O6/c23-18(24)13-4-2-5-14(10-13)20-11-16-19(25)28-17(21-16)8-7-12-3-1-6-15(9-12)22(26)27/h1-11,25H,(H,23,24)/b8-7+,20-11?. The van der Waals surface area contributed by atoms with Crippen LogP contribution in [0.1, 0.15) is 27.5 Å². The van der Waals surface area contributed by atoms with E-state index in [0.29, 0.717) is 11.3 Å². The van der Waals surface area contributed by atoms with E-state index in [1.807, 2.05) is 0 Å². The molecule has 140 valence electrons.